The maximum Gasteiger partial charge on any atom is 0.294 e. The number of hydrazone groups is 1. The smallest absolute Gasteiger partial charge is 0.282 e. The summed E-state index contributed by atoms with van der Waals surface area (Å²) in [7, 11) is -2.15. The molecule has 0 saturated heterocycles. The largest absolute Gasteiger partial charge is 0.294 e. The Labute approximate surface area is 172 Å². The van der Waals surface area contributed by atoms with Crippen molar-refractivity contribution in [2.24, 2.45) is 12.1 Å². The average Bonchev–Trinajstić information content (AvgIpc) is 2.66. The van der Waals surface area contributed by atoms with Gasteiger partial charge in [0.05, 0.1) is 4.90 Å². The van der Waals surface area contributed by atoms with E-state index in [0.29, 0.717) is 5.56 Å². The molecule has 2 N–H and O–H groups in total. The lowest BCUT2D eigenvalue weighted by molar-refractivity contribution is -0.671. The predicted octanol–water partition coefficient (Wildman–Crippen LogP) is 3.21. The molecule has 0 aliphatic rings. The summed E-state index contributed by atoms with van der Waals surface area (Å²) in [5.74, 6) is -0.203. The van der Waals surface area contributed by atoms with Gasteiger partial charge < -0.3 is 0 Å². The Morgan fingerprint density at radius 3 is 2.45 bits per heavy atom. The third kappa shape index (κ3) is 9.77. The van der Waals surface area contributed by atoms with Crippen molar-refractivity contribution in [2.45, 2.75) is 38.5 Å². The van der Waals surface area contributed by atoms with Gasteiger partial charge in [0, 0.05) is 12.3 Å². The number of amides is 1. The number of hydrogen-bond acceptors (Lipinski definition) is 4. The monoisotopic (exact) mass is 418 g/mol. The molecule has 8 heteroatoms. The van der Waals surface area contributed by atoms with Crippen LogP contribution in [0, 0.1) is 6.92 Å². The molecule has 0 atom stereocenters. The zero-order valence-electron chi connectivity index (χ0n) is 17.2. The molecule has 0 bridgehead atoms. The van der Waals surface area contributed by atoms with Crippen molar-refractivity contribution in [2.75, 3.05) is 0 Å². The molecule has 0 saturated carbocycles. The first-order valence-electron chi connectivity index (χ1n) is 9.13. The number of pyridine rings is 1. The number of aromatic nitrogens is 1. The van der Waals surface area contributed by atoms with Crippen molar-refractivity contribution in [3.8, 4) is 0 Å². The highest BCUT2D eigenvalue weighted by atomic mass is 32.2. The molecule has 2 aromatic rings. The zero-order valence-corrected chi connectivity index (χ0v) is 18.0. The summed E-state index contributed by atoms with van der Waals surface area (Å²) in [4.78, 5) is 11.7. The first-order valence-corrected chi connectivity index (χ1v) is 10.6. The van der Waals surface area contributed by atoms with E-state index in [1.165, 1.54) is 12.1 Å². The molecule has 1 heterocycles. The van der Waals surface area contributed by atoms with Gasteiger partial charge in [0.25, 0.3) is 16.0 Å². The van der Waals surface area contributed by atoms with Crippen LogP contribution in [0.25, 0.3) is 0 Å². The predicted molar refractivity (Wildman–Crippen MR) is 113 cm³/mol. The first kappa shape index (κ1) is 24.2. The van der Waals surface area contributed by atoms with E-state index in [4.69, 9.17) is 4.55 Å². The lowest BCUT2D eigenvalue weighted by atomic mass is 10.2. The minimum absolute atomic E-state index is 0.0666. The van der Waals surface area contributed by atoms with Crippen LogP contribution in [-0.4, -0.2) is 25.1 Å². The number of carbonyl (C=O) groups excluding carboxylic acids is 1. The highest BCUT2D eigenvalue weighted by Crippen LogP contribution is 2.08. The van der Waals surface area contributed by atoms with E-state index in [0.717, 1.165) is 24.0 Å². The number of rotatable bonds is 6. The van der Waals surface area contributed by atoms with Crippen LogP contribution in [-0.2, 0) is 17.2 Å². The molecule has 0 radical (unpaired) electrons. The van der Waals surface area contributed by atoms with Gasteiger partial charge in [0.15, 0.2) is 12.4 Å². The molecule has 29 heavy (non-hydrogen) atoms. The van der Waals surface area contributed by atoms with Gasteiger partial charge in [-0.1, -0.05) is 37.1 Å². The molecule has 7 nitrogen and oxygen atoms in total. The fourth-order valence-electron chi connectivity index (χ4n) is 2.11. The van der Waals surface area contributed by atoms with E-state index in [1.807, 2.05) is 37.7 Å². The number of hydrogen-bond donors (Lipinski definition) is 2. The average molecular weight is 419 g/mol. The van der Waals surface area contributed by atoms with Crippen LogP contribution in [0.5, 0.6) is 0 Å². The molecule has 1 amide bonds. The van der Waals surface area contributed by atoms with Crippen molar-refractivity contribution in [3.05, 3.63) is 71.6 Å². The molecule has 1 aromatic carbocycles. The maximum atomic E-state index is 11.7. The van der Waals surface area contributed by atoms with Crippen molar-refractivity contribution < 1.29 is 22.3 Å². The van der Waals surface area contributed by atoms with E-state index >= 15 is 0 Å². The third-order valence-electron chi connectivity index (χ3n) is 3.71. The van der Waals surface area contributed by atoms with Gasteiger partial charge in [-0.3, -0.25) is 9.35 Å². The van der Waals surface area contributed by atoms with Crippen LogP contribution < -0.4 is 9.99 Å². The molecule has 2 rings (SSSR count). The van der Waals surface area contributed by atoms with E-state index < -0.39 is 10.1 Å². The van der Waals surface area contributed by atoms with Crippen LogP contribution in [0.1, 0.15) is 42.6 Å². The van der Waals surface area contributed by atoms with Gasteiger partial charge >= 0.3 is 0 Å². The fraction of sp³-hybridized carbons (Fsp3) is 0.286. The topological polar surface area (TPSA) is 99.7 Å². The number of allylic oxidation sites excluding steroid dienone is 2. The molecule has 0 fully saturated rings. The molecule has 1 aromatic heterocycles. The maximum absolute atomic E-state index is 11.7. The molecule has 0 unspecified atom stereocenters. The van der Waals surface area contributed by atoms with Crippen LogP contribution >= 0.6 is 0 Å². The Bertz CT molecular complexity index is 966. The van der Waals surface area contributed by atoms with Crippen LogP contribution in [0.4, 0.5) is 0 Å². The highest BCUT2D eigenvalue weighted by molar-refractivity contribution is 7.85. The molecular weight excluding hydrogens is 390 g/mol. The van der Waals surface area contributed by atoms with Crippen molar-refractivity contribution >= 4 is 22.2 Å². The summed E-state index contributed by atoms with van der Waals surface area (Å²) in [6, 6.07) is 9.57. The summed E-state index contributed by atoms with van der Waals surface area (Å²) in [5, 5.41) is 3.93. The van der Waals surface area contributed by atoms with Gasteiger partial charge in [0.1, 0.15) is 12.6 Å². The molecule has 0 spiro atoms. The molecular formula is C21H28N3O4S+. The number of aryl methyl sites for hydroxylation is 2. The van der Waals surface area contributed by atoms with Gasteiger partial charge in [-0.05, 0) is 44.0 Å². The van der Waals surface area contributed by atoms with Crippen molar-refractivity contribution in [1.82, 2.24) is 5.43 Å². The fourth-order valence-corrected chi connectivity index (χ4v) is 2.59. The third-order valence-corrected chi connectivity index (χ3v) is 4.58. The molecule has 0 aliphatic carbocycles. The number of benzene rings is 1. The van der Waals surface area contributed by atoms with Crippen LogP contribution in [0.2, 0.25) is 0 Å². The second kappa shape index (κ2) is 11.9. The summed E-state index contributed by atoms with van der Waals surface area (Å²) in [6.07, 6.45) is 9.52. The number of unbranched alkanes of at least 4 members (excludes halogenated alkanes) is 1. The Kier molecular flexibility index (Phi) is 9.91. The van der Waals surface area contributed by atoms with Crippen LogP contribution in [0.3, 0.4) is 0 Å². The summed E-state index contributed by atoms with van der Waals surface area (Å²) in [6.45, 7) is 5.93. The van der Waals surface area contributed by atoms with E-state index in [-0.39, 0.29) is 10.8 Å². The van der Waals surface area contributed by atoms with Crippen LogP contribution in [0.15, 0.2) is 70.4 Å². The van der Waals surface area contributed by atoms with E-state index in [1.54, 1.807) is 30.6 Å². The number of nitrogens with zero attached hydrogens (tertiary/aromatic N) is 2. The Hall–Kier alpha value is -2.84. The molecule has 156 valence electrons. The van der Waals surface area contributed by atoms with Gasteiger partial charge in [-0.2, -0.15) is 13.5 Å². The van der Waals surface area contributed by atoms with Gasteiger partial charge in [0.2, 0.25) is 0 Å². The van der Waals surface area contributed by atoms with Crippen molar-refractivity contribution in [3.63, 3.8) is 0 Å². The minimum atomic E-state index is -4.02. The number of carbonyl (C=O) groups is 1. The van der Waals surface area contributed by atoms with Gasteiger partial charge in [-0.15, -0.1) is 0 Å². The van der Waals surface area contributed by atoms with E-state index in [2.05, 4.69) is 23.5 Å². The summed E-state index contributed by atoms with van der Waals surface area (Å²) >= 11 is 0. The first-order chi connectivity index (χ1) is 13.6. The normalized spacial score (nSPS) is 11.7. The van der Waals surface area contributed by atoms with Crippen molar-refractivity contribution in [1.29, 1.82) is 0 Å². The Morgan fingerprint density at radius 1 is 1.24 bits per heavy atom. The summed E-state index contributed by atoms with van der Waals surface area (Å²) < 4.78 is 31.4. The Balaban J connectivity index is 0.000000326. The Morgan fingerprint density at radius 2 is 1.90 bits per heavy atom. The second-order valence-corrected chi connectivity index (χ2v) is 7.90. The zero-order chi connectivity index (χ0) is 21.9. The quantitative estimate of drug-likeness (QED) is 0.326. The molecule has 0 aliphatic heterocycles. The lowest BCUT2D eigenvalue weighted by Crippen LogP contribution is -2.29. The number of nitrogens with one attached hydrogen (secondary N) is 1. The standard InChI is InChI=1S/C14H19N3O.C7H8O3S/c1-4-5-7-12(2)10-15-16-14(18)13-8-6-9-17(3)11-13;1-6-2-4-7(5-3-6)11(8,9)10/h6-11H,4-5H2,1-3H3;2-5H,1H3,(H,8,9,10)/p+1/b12-7+,15-10+;. The minimum Gasteiger partial charge on any atom is -0.282 e. The van der Waals surface area contributed by atoms with Gasteiger partial charge in [-0.25, -0.2) is 9.99 Å². The second-order valence-electron chi connectivity index (χ2n) is 6.48. The highest BCUT2D eigenvalue weighted by Gasteiger charge is 2.07. The SMILES string of the molecule is CCC/C=C(C)/C=N/NC(=O)c1ccc[n+](C)c1.Cc1ccc(S(=O)(=O)O)cc1. The van der Waals surface area contributed by atoms with E-state index in [9.17, 15) is 13.2 Å². The lowest BCUT2D eigenvalue weighted by Gasteiger charge is -1.98. The summed E-state index contributed by atoms with van der Waals surface area (Å²) in [5.41, 5.74) is 5.11.